The number of amides is 1. The minimum Gasteiger partial charge on any atom is -0.497 e. The number of carbonyl (C=O) groups excluding carboxylic acids is 1. The lowest BCUT2D eigenvalue weighted by Crippen LogP contribution is -2.42. The van der Waals surface area contributed by atoms with Gasteiger partial charge in [-0.05, 0) is 68.7 Å². The molecule has 5 atom stereocenters. The SMILES string of the molecule is COc1ccc(C(OCC2OC(n3cnc4c(=O)[nH]c(NC(=O)C(C)C)nc43)C(O)C2OP(OCCC#N)N(C(C)C)C(C)C)(c2ccccc2)c2ccc(OC)cc2)cc1. The van der Waals surface area contributed by atoms with Gasteiger partial charge in [0.1, 0.15) is 35.4 Å². The Balaban J connectivity index is 1.48. The molecule has 5 aromatic rings. The van der Waals surface area contributed by atoms with Gasteiger partial charge >= 0.3 is 0 Å². The molecule has 0 radical (unpaired) electrons. The number of aromatic amines is 1. The van der Waals surface area contributed by atoms with Crippen molar-refractivity contribution in [3.05, 3.63) is 112 Å². The molecule has 6 rings (SSSR count). The maximum absolute atomic E-state index is 13.2. The molecule has 0 saturated carbocycles. The van der Waals surface area contributed by atoms with Crippen molar-refractivity contribution in [3.63, 3.8) is 0 Å². The van der Waals surface area contributed by atoms with Gasteiger partial charge in [0.2, 0.25) is 11.9 Å². The van der Waals surface area contributed by atoms with E-state index in [1.54, 1.807) is 28.1 Å². The number of fused-ring (bicyclic) bond motifs is 1. The highest BCUT2D eigenvalue weighted by Gasteiger charge is 2.50. The number of aliphatic hydroxyl groups excluding tert-OH is 1. The Morgan fingerprint density at radius 3 is 2.10 bits per heavy atom. The normalized spacial score (nSPS) is 18.6. The van der Waals surface area contributed by atoms with Crippen LogP contribution in [0.2, 0.25) is 0 Å². The molecule has 1 saturated heterocycles. The lowest BCUT2D eigenvalue weighted by molar-refractivity contribution is -0.118. The van der Waals surface area contributed by atoms with Crippen molar-refractivity contribution >= 4 is 31.5 Å². The molecule has 0 bridgehead atoms. The van der Waals surface area contributed by atoms with Gasteiger partial charge in [0.15, 0.2) is 17.4 Å². The van der Waals surface area contributed by atoms with Crippen LogP contribution in [0, 0.1) is 17.2 Å². The van der Waals surface area contributed by atoms with Crippen LogP contribution in [-0.2, 0) is 28.9 Å². The number of rotatable bonds is 19. The van der Waals surface area contributed by atoms with E-state index in [-0.39, 0.29) is 60.7 Å². The summed E-state index contributed by atoms with van der Waals surface area (Å²) in [6, 6.07) is 27.1. The van der Waals surface area contributed by atoms with E-state index in [0.29, 0.717) is 11.5 Å². The zero-order chi connectivity index (χ0) is 43.8. The van der Waals surface area contributed by atoms with Crippen LogP contribution in [0.4, 0.5) is 5.95 Å². The molecule has 3 heterocycles. The predicted molar refractivity (Wildman–Crippen MR) is 230 cm³/mol. The molecule has 1 amide bonds. The smallest absolute Gasteiger partial charge is 0.280 e. The summed E-state index contributed by atoms with van der Waals surface area (Å²) in [5, 5.41) is 24.4. The number of nitrogens with one attached hydrogen (secondary N) is 2. The molecule has 1 aliphatic rings. The Hall–Kier alpha value is -5.24. The quantitative estimate of drug-likeness (QED) is 0.0454. The van der Waals surface area contributed by atoms with Crippen LogP contribution in [0.15, 0.2) is 90.0 Å². The van der Waals surface area contributed by atoms with Crippen LogP contribution in [-0.4, -0.2) is 93.0 Å². The minimum atomic E-state index is -1.88. The van der Waals surface area contributed by atoms with Crippen molar-refractivity contribution in [2.24, 2.45) is 5.92 Å². The largest absolute Gasteiger partial charge is 0.497 e. The summed E-state index contributed by atoms with van der Waals surface area (Å²) >= 11 is 0. The molecule has 3 N–H and O–H groups in total. The lowest BCUT2D eigenvalue weighted by atomic mass is 9.80. The molecular formula is C44H54N7O9P. The number of ether oxygens (including phenoxy) is 4. The number of H-pyrrole nitrogens is 1. The Labute approximate surface area is 356 Å². The third-order valence-corrected chi connectivity index (χ3v) is 12.4. The van der Waals surface area contributed by atoms with Crippen molar-refractivity contribution in [1.82, 2.24) is 24.2 Å². The second-order valence-electron chi connectivity index (χ2n) is 15.4. The number of aliphatic hydroxyl groups is 1. The number of carbonyl (C=O) groups is 1. The number of aromatic nitrogens is 4. The molecule has 3 aromatic carbocycles. The molecular weight excluding hydrogens is 801 g/mol. The van der Waals surface area contributed by atoms with Crippen molar-refractivity contribution < 1.29 is 37.9 Å². The first-order chi connectivity index (χ1) is 29.3. The van der Waals surface area contributed by atoms with Crippen molar-refractivity contribution in [2.75, 3.05) is 32.8 Å². The summed E-state index contributed by atoms with van der Waals surface area (Å²) in [7, 11) is 1.33. The monoisotopic (exact) mass is 855 g/mol. The fourth-order valence-corrected chi connectivity index (χ4v) is 9.10. The molecule has 1 fully saturated rings. The molecule has 16 nitrogen and oxygen atoms in total. The topological polar surface area (TPSA) is 195 Å². The zero-order valence-electron chi connectivity index (χ0n) is 35.6. The average Bonchev–Trinajstić information content (AvgIpc) is 3.81. The highest BCUT2D eigenvalue weighted by Crippen LogP contribution is 2.51. The van der Waals surface area contributed by atoms with E-state index in [1.165, 1.54) is 10.9 Å². The van der Waals surface area contributed by atoms with Crippen LogP contribution in [0.5, 0.6) is 11.5 Å². The minimum absolute atomic E-state index is 0.0227. The van der Waals surface area contributed by atoms with Gasteiger partial charge in [0, 0.05) is 18.0 Å². The fraction of sp³-hybridized carbons (Fsp3) is 0.432. The first-order valence-electron chi connectivity index (χ1n) is 20.2. The molecule has 61 heavy (non-hydrogen) atoms. The molecule has 17 heteroatoms. The molecule has 0 aliphatic carbocycles. The number of benzene rings is 3. The summed E-state index contributed by atoms with van der Waals surface area (Å²) in [6.07, 6.45) is -3.14. The Morgan fingerprint density at radius 2 is 1.56 bits per heavy atom. The van der Waals surface area contributed by atoms with Gasteiger partial charge in [0.05, 0.1) is 46.3 Å². The van der Waals surface area contributed by atoms with Gasteiger partial charge in [-0.15, -0.1) is 0 Å². The van der Waals surface area contributed by atoms with Crippen LogP contribution in [0.3, 0.4) is 0 Å². The highest BCUT2D eigenvalue weighted by molar-refractivity contribution is 7.44. The Kier molecular flexibility index (Phi) is 14.9. The van der Waals surface area contributed by atoms with E-state index in [1.807, 2.05) is 107 Å². The van der Waals surface area contributed by atoms with Gasteiger partial charge in [-0.1, -0.05) is 68.4 Å². The zero-order valence-corrected chi connectivity index (χ0v) is 36.5. The van der Waals surface area contributed by atoms with Crippen molar-refractivity contribution in [1.29, 1.82) is 5.26 Å². The van der Waals surface area contributed by atoms with Crippen LogP contribution < -0.4 is 20.3 Å². The second-order valence-corrected chi connectivity index (χ2v) is 16.8. The van der Waals surface area contributed by atoms with E-state index in [9.17, 15) is 20.0 Å². The fourth-order valence-electron chi connectivity index (χ4n) is 7.33. The summed E-state index contributed by atoms with van der Waals surface area (Å²) < 4.78 is 41.8. The van der Waals surface area contributed by atoms with E-state index in [0.717, 1.165) is 16.7 Å². The molecule has 324 valence electrons. The number of methoxy groups -OCH3 is 2. The first-order valence-corrected chi connectivity index (χ1v) is 21.3. The molecule has 5 unspecified atom stereocenters. The van der Waals surface area contributed by atoms with Crippen LogP contribution in [0.1, 0.15) is 70.9 Å². The number of nitrogens with zero attached hydrogens (tertiary/aromatic N) is 5. The third-order valence-electron chi connectivity index (χ3n) is 10.3. The predicted octanol–water partition coefficient (Wildman–Crippen LogP) is 6.66. The number of imidazole rings is 1. The maximum Gasteiger partial charge on any atom is 0.280 e. The number of nitriles is 1. The molecule has 1 aliphatic heterocycles. The van der Waals surface area contributed by atoms with Gasteiger partial charge in [-0.25, -0.2) is 9.65 Å². The average molecular weight is 856 g/mol. The van der Waals surface area contributed by atoms with Crippen molar-refractivity contribution in [3.8, 4) is 17.6 Å². The Morgan fingerprint density at radius 1 is 0.967 bits per heavy atom. The van der Waals surface area contributed by atoms with Crippen LogP contribution in [0.25, 0.3) is 11.2 Å². The van der Waals surface area contributed by atoms with Gasteiger partial charge in [-0.3, -0.25) is 24.5 Å². The second kappa shape index (κ2) is 20.1. The number of hydrogen-bond donors (Lipinski definition) is 3. The van der Waals surface area contributed by atoms with E-state index >= 15 is 0 Å². The van der Waals surface area contributed by atoms with Crippen LogP contribution >= 0.6 is 8.53 Å². The number of hydrogen-bond acceptors (Lipinski definition) is 13. The van der Waals surface area contributed by atoms with Crippen molar-refractivity contribution in [2.45, 2.75) is 90.2 Å². The first kappa shape index (κ1) is 45.3. The standard InChI is InChI=1S/C44H54N7O9P/c1-27(2)40(53)48-43-47-39-36(41(54)49-43)46-26-50(39)42-37(52)38(60-61(58-24-12-23-45)51(28(3)4)29(5)6)35(59-42)25-57-44(30-13-10-9-11-14-30,31-15-19-33(55-7)20-16-31)32-17-21-34(56-8)22-18-32/h9-11,13-22,26-29,35,37-38,42,52H,12,24-25H2,1-8H3,(H2,47,48,49,53,54). The number of anilines is 1. The van der Waals surface area contributed by atoms with Gasteiger partial charge in [-0.2, -0.15) is 10.2 Å². The summed E-state index contributed by atoms with van der Waals surface area (Å²) in [6.45, 7) is 11.5. The third kappa shape index (κ3) is 9.79. The molecule has 2 aromatic heterocycles. The summed E-state index contributed by atoms with van der Waals surface area (Å²) in [4.78, 5) is 37.3. The summed E-state index contributed by atoms with van der Waals surface area (Å²) in [5.41, 5.74) is 0.591. The van der Waals surface area contributed by atoms with Gasteiger partial charge in [0.25, 0.3) is 14.1 Å². The maximum atomic E-state index is 13.2. The van der Waals surface area contributed by atoms with Gasteiger partial charge < -0.3 is 33.1 Å². The lowest BCUT2D eigenvalue weighted by Gasteiger charge is -2.39. The molecule has 0 spiro atoms. The summed E-state index contributed by atoms with van der Waals surface area (Å²) in [5.74, 6) is 0.510. The highest BCUT2D eigenvalue weighted by atomic mass is 31.2. The van der Waals surface area contributed by atoms with E-state index < -0.39 is 44.2 Å². The van der Waals surface area contributed by atoms with E-state index in [2.05, 4.69) is 31.0 Å². The van der Waals surface area contributed by atoms with E-state index in [4.69, 9.17) is 28.0 Å². The Bertz CT molecular complexity index is 2260.